The highest BCUT2D eigenvalue weighted by Crippen LogP contribution is 2.23. The molecule has 1 atom stereocenters. The number of hydrogen-bond acceptors (Lipinski definition) is 5. The number of hydrogen-bond donors (Lipinski definition) is 2. The molecule has 2 rings (SSSR count). The molecule has 1 aromatic carbocycles. The largest absolute Gasteiger partial charge is 0.271 e. The van der Waals surface area contributed by atoms with Crippen molar-refractivity contribution in [2.75, 3.05) is 0 Å². The average Bonchev–Trinajstić information content (AvgIpc) is 2.75. The Balaban J connectivity index is 2.41. The second-order valence-electron chi connectivity index (χ2n) is 3.79. The van der Waals surface area contributed by atoms with E-state index < -0.39 is 0 Å². The molecule has 0 radical (unpaired) electrons. The molecule has 0 spiro atoms. The molecule has 1 aromatic heterocycles. The van der Waals surface area contributed by atoms with E-state index >= 15 is 0 Å². The second kappa shape index (κ2) is 4.69. The van der Waals surface area contributed by atoms with Crippen LogP contribution in [0.5, 0.6) is 0 Å². The summed E-state index contributed by atoms with van der Waals surface area (Å²) in [5.41, 5.74) is 7.23. The third kappa shape index (κ3) is 2.11. The summed E-state index contributed by atoms with van der Waals surface area (Å²) >= 11 is 1.33. The van der Waals surface area contributed by atoms with Crippen molar-refractivity contribution in [2.24, 2.45) is 5.84 Å². The lowest BCUT2D eigenvalue weighted by molar-refractivity contribution is 0.615. The number of nitrogens with two attached hydrogens (primary N) is 1. The van der Waals surface area contributed by atoms with Gasteiger partial charge in [0.25, 0.3) is 0 Å². The molecule has 0 fully saturated rings. The topological polar surface area (TPSA) is 63.8 Å². The van der Waals surface area contributed by atoms with Crippen LogP contribution in [0.1, 0.15) is 28.4 Å². The number of nitrogens with one attached hydrogen (secondary N) is 1. The van der Waals surface area contributed by atoms with Gasteiger partial charge in [-0.25, -0.2) is 5.43 Å². The molecule has 1 heterocycles. The van der Waals surface area contributed by atoms with Gasteiger partial charge in [-0.1, -0.05) is 28.3 Å². The highest BCUT2D eigenvalue weighted by atomic mass is 32.1. The van der Waals surface area contributed by atoms with Crippen LogP contribution in [0.4, 0.5) is 0 Å². The van der Waals surface area contributed by atoms with Gasteiger partial charge < -0.3 is 0 Å². The minimum atomic E-state index is -0.0839. The van der Waals surface area contributed by atoms with E-state index in [1.54, 1.807) is 0 Å². The molecule has 3 N–H and O–H groups in total. The van der Waals surface area contributed by atoms with E-state index in [-0.39, 0.29) is 6.04 Å². The summed E-state index contributed by atoms with van der Waals surface area (Å²) in [6, 6.07) is 6.21. The molecular formula is C11H14N4S. The van der Waals surface area contributed by atoms with Gasteiger partial charge in [-0.3, -0.25) is 5.84 Å². The SMILES string of the molecule is Cc1ccc(C(NN)c2csnn2)c(C)c1. The lowest BCUT2D eigenvalue weighted by atomic mass is 9.98. The van der Waals surface area contributed by atoms with Gasteiger partial charge in [-0.2, -0.15) is 0 Å². The first kappa shape index (κ1) is 11.2. The van der Waals surface area contributed by atoms with Gasteiger partial charge in [0.15, 0.2) is 0 Å². The molecule has 0 amide bonds. The van der Waals surface area contributed by atoms with Gasteiger partial charge in [0.2, 0.25) is 0 Å². The highest BCUT2D eigenvalue weighted by molar-refractivity contribution is 7.03. The van der Waals surface area contributed by atoms with Gasteiger partial charge in [-0.15, -0.1) is 5.10 Å². The van der Waals surface area contributed by atoms with Crippen LogP contribution >= 0.6 is 11.5 Å². The van der Waals surface area contributed by atoms with E-state index in [4.69, 9.17) is 5.84 Å². The van der Waals surface area contributed by atoms with Crippen molar-refractivity contribution < 1.29 is 0 Å². The van der Waals surface area contributed by atoms with Crippen LogP contribution in [0.2, 0.25) is 0 Å². The molecule has 84 valence electrons. The Labute approximate surface area is 98.6 Å². The lowest BCUT2D eigenvalue weighted by Gasteiger charge is -2.16. The maximum Gasteiger partial charge on any atom is 0.0983 e. The number of nitrogens with zero attached hydrogens (tertiary/aromatic N) is 2. The quantitative estimate of drug-likeness (QED) is 0.627. The minimum Gasteiger partial charge on any atom is -0.271 e. The van der Waals surface area contributed by atoms with Crippen LogP contribution in [0.3, 0.4) is 0 Å². The highest BCUT2D eigenvalue weighted by Gasteiger charge is 2.16. The Morgan fingerprint density at radius 2 is 2.19 bits per heavy atom. The van der Waals surface area contributed by atoms with E-state index in [1.807, 2.05) is 5.38 Å². The van der Waals surface area contributed by atoms with E-state index in [0.29, 0.717) is 0 Å². The number of hydrazine groups is 1. The summed E-state index contributed by atoms with van der Waals surface area (Å²) in [7, 11) is 0. The van der Waals surface area contributed by atoms with Gasteiger partial charge in [0.05, 0.1) is 11.7 Å². The van der Waals surface area contributed by atoms with Crippen LogP contribution in [-0.2, 0) is 0 Å². The summed E-state index contributed by atoms with van der Waals surface area (Å²) in [4.78, 5) is 0. The average molecular weight is 234 g/mol. The van der Waals surface area contributed by atoms with Crippen molar-refractivity contribution in [2.45, 2.75) is 19.9 Å². The van der Waals surface area contributed by atoms with Crippen LogP contribution in [-0.4, -0.2) is 9.59 Å². The Morgan fingerprint density at radius 1 is 1.38 bits per heavy atom. The van der Waals surface area contributed by atoms with Gasteiger partial charge >= 0.3 is 0 Å². The molecular weight excluding hydrogens is 220 g/mol. The normalized spacial score (nSPS) is 12.7. The van der Waals surface area contributed by atoms with E-state index in [0.717, 1.165) is 11.3 Å². The van der Waals surface area contributed by atoms with Crippen LogP contribution in [0.15, 0.2) is 23.6 Å². The summed E-state index contributed by atoms with van der Waals surface area (Å²) in [6.45, 7) is 4.15. The monoisotopic (exact) mass is 234 g/mol. The summed E-state index contributed by atoms with van der Waals surface area (Å²) in [5.74, 6) is 5.59. The Morgan fingerprint density at radius 3 is 2.75 bits per heavy atom. The summed E-state index contributed by atoms with van der Waals surface area (Å²) in [6.07, 6.45) is 0. The smallest absolute Gasteiger partial charge is 0.0983 e. The van der Waals surface area contributed by atoms with Gasteiger partial charge in [0, 0.05) is 5.38 Å². The lowest BCUT2D eigenvalue weighted by Crippen LogP contribution is -2.29. The molecule has 0 aliphatic carbocycles. The van der Waals surface area contributed by atoms with Crippen molar-refractivity contribution in [1.29, 1.82) is 0 Å². The fourth-order valence-electron chi connectivity index (χ4n) is 1.78. The van der Waals surface area contributed by atoms with Crippen LogP contribution in [0.25, 0.3) is 0 Å². The zero-order valence-electron chi connectivity index (χ0n) is 9.27. The predicted octanol–water partition coefficient (Wildman–Crippen LogP) is 1.71. The fourth-order valence-corrected chi connectivity index (χ4v) is 2.26. The summed E-state index contributed by atoms with van der Waals surface area (Å²) < 4.78 is 3.86. The van der Waals surface area contributed by atoms with E-state index in [1.165, 1.54) is 22.7 Å². The molecule has 5 heteroatoms. The molecule has 0 saturated heterocycles. The molecule has 0 bridgehead atoms. The van der Waals surface area contributed by atoms with E-state index in [2.05, 4.69) is 47.1 Å². The van der Waals surface area contributed by atoms with Gasteiger partial charge in [-0.05, 0) is 36.5 Å². The molecule has 0 aliphatic heterocycles. The Kier molecular flexibility index (Phi) is 3.28. The predicted molar refractivity (Wildman–Crippen MR) is 65.0 cm³/mol. The first-order valence-corrected chi connectivity index (χ1v) is 5.86. The maximum absolute atomic E-state index is 5.59. The third-order valence-electron chi connectivity index (χ3n) is 2.58. The van der Waals surface area contributed by atoms with E-state index in [9.17, 15) is 0 Å². The zero-order valence-corrected chi connectivity index (χ0v) is 10.1. The third-order valence-corrected chi connectivity index (χ3v) is 3.10. The van der Waals surface area contributed by atoms with Crippen molar-refractivity contribution >= 4 is 11.5 Å². The van der Waals surface area contributed by atoms with Crippen molar-refractivity contribution in [3.63, 3.8) is 0 Å². The number of aromatic nitrogens is 2. The first-order chi connectivity index (χ1) is 7.72. The first-order valence-electron chi connectivity index (χ1n) is 5.02. The minimum absolute atomic E-state index is 0.0839. The maximum atomic E-state index is 5.59. The van der Waals surface area contributed by atoms with Crippen molar-refractivity contribution in [3.8, 4) is 0 Å². The van der Waals surface area contributed by atoms with Crippen LogP contribution < -0.4 is 11.3 Å². The molecule has 0 aliphatic rings. The van der Waals surface area contributed by atoms with Gasteiger partial charge in [0.1, 0.15) is 0 Å². The molecule has 2 aromatic rings. The molecule has 16 heavy (non-hydrogen) atoms. The van der Waals surface area contributed by atoms with Crippen LogP contribution in [0, 0.1) is 13.8 Å². The Hall–Kier alpha value is -1.30. The fraction of sp³-hybridized carbons (Fsp3) is 0.273. The zero-order chi connectivity index (χ0) is 11.5. The molecule has 1 unspecified atom stereocenters. The molecule has 0 saturated carbocycles. The Bertz CT molecular complexity index is 467. The van der Waals surface area contributed by atoms with Crippen molar-refractivity contribution in [3.05, 3.63) is 46.0 Å². The standard InChI is InChI=1S/C11H14N4S/c1-7-3-4-9(8(2)5-7)11(13-12)10-6-16-15-14-10/h3-6,11,13H,12H2,1-2H3. The number of rotatable bonds is 3. The number of benzene rings is 1. The summed E-state index contributed by atoms with van der Waals surface area (Å²) in [5, 5.41) is 5.96. The molecule has 4 nitrogen and oxygen atoms in total. The number of aryl methyl sites for hydroxylation is 2. The second-order valence-corrected chi connectivity index (χ2v) is 4.40. The van der Waals surface area contributed by atoms with Crippen molar-refractivity contribution in [1.82, 2.24) is 15.0 Å².